The molecule has 54 heavy (non-hydrogen) atoms. The van der Waals surface area contributed by atoms with Crippen LogP contribution >= 0.6 is 0 Å². The van der Waals surface area contributed by atoms with Crippen molar-refractivity contribution in [2.24, 2.45) is 0 Å². The first-order valence-corrected chi connectivity index (χ1v) is 24.2. The lowest BCUT2D eigenvalue weighted by atomic mass is 10.0. The lowest BCUT2D eigenvalue weighted by molar-refractivity contribution is -0.123. The average Bonchev–Trinajstić information content (AvgIpc) is 3.18. The Bertz CT molecular complexity index is 821. The molecule has 2 atom stereocenters. The second kappa shape index (κ2) is 46.0. The molecule has 0 aliphatic carbocycles. The van der Waals surface area contributed by atoms with E-state index in [9.17, 15) is 15.0 Å². The summed E-state index contributed by atoms with van der Waals surface area (Å²) in [6.45, 7) is 4.30. The van der Waals surface area contributed by atoms with Crippen LogP contribution in [0.15, 0.2) is 36.5 Å². The molecule has 0 aliphatic heterocycles. The van der Waals surface area contributed by atoms with Gasteiger partial charge in [0.2, 0.25) is 5.91 Å². The number of nitrogens with one attached hydrogen (secondary N) is 1. The Labute approximate surface area is 338 Å². The van der Waals surface area contributed by atoms with Crippen LogP contribution in [-0.4, -0.2) is 34.9 Å². The summed E-state index contributed by atoms with van der Waals surface area (Å²) in [6.07, 6.45) is 61.4. The summed E-state index contributed by atoms with van der Waals surface area (Å²) < 4.78 is 0. The molecular formula is C50H95NO3. The SMILES string of the molecule is CCCCCCCCC/C=C/CC/C=C/C(O)C(CO)NC(=O)CCCCCCCCCCCCCCCCCCC/C=C\CCCCCCCCCC. The number of carbonyl (C=O) groups excluding carboxylic acids is 1. The van der Waals surface area contributed by atoms with E-state index < -0.39 is 12.1 Å². The number of carbonyl (C=O) groups is 1. The summed E-state index contributed by atoms with van der Waals surface area (Å²) >= 11 is 0. The minimum atomic E-state index is -0.859. The van der Waals surface area contributed by atoms with Crippen molar-refractivity contribution < 1.29 is 15.0 Å². The molecule has 0 spiro atoms. The zero-order valence-corrected chi connectivity index (χ0v) is 36.5. The van der Waals surface area contributed by atoms with Gasteiger partial charge in [-0.05, 0) is 57.8 Å². The Hall–Kier alpha value is -1.39. The quantitative estimate of drug-likeness (QED) is 0.0428. The smallest absolute Gasteiger partial charge is 0.220 e. The van der Waals surface area contributed by atoms with Crippen molar-refractivity contribution in [3.05, 3.63) is 36.5 Å². The molecular weight excluding hydrogens is 663 g/mol. The van der Waals surface area contributed by atoms with Gasteiger partial charge in [0, 0.05) is 6.42 Å². The zero-order valence-electron chi connectivity index (χ0n) is 36.5. The first-order chi connectivity index (χ1) is 26.7. The van der Waals surface area contributed by atoms with Gasteiger partial charge in [0.15, 0.2) is 0 Å². The first-order valence-electron chi connectivity index (χ1n) is 24.2. The molecule has 2 unspecified atom stereocenters. The molecule has 0 saturated heterocycles. The van der Waals surface area contributed by atoms with Gasteiger partial charge in [-0.15, -0.1) is 0 Å². The van der Waals surface area contributed by atoms with Crippen molar-refractivity contribution in [2.75, 3.05) is 6.61 Å². The van der Waals surface area contributed by atoms with E-state index >= 15 is 0 Å². The topological polar surface area (TPSA) is 69.6 Å². The standard InChI is InChI=1S/C50H95NO3/c1-3-5-7-9-11-13-15-17-18-19-20-21-22-23-24-25-26-27-28-29-30-31-32-34-36-38-40-42-44-46-50(54)51-48(47-52)49(53)45-43-41-39-37-35-33-16-14-12-10-8-6-4-2/h19-20,35,37,43,45,48-49,52-53H,3-18,21-34,36,38-42,44,46-47H2,1-2H3,(H,51,54)/b20-19-,37-35+,45-43+. The van der Waals surface area contributed by atoms with Crippen molar-refractivity contribution >= 4 is 5.91 Å². The predicted molar refractivity (Wildman–Crippen MR) is 239 cm³/mol. The lowest BCUT2D eigenvalue weighted by Gasteiger charge is -2.19. The molecule has 0 aromatic rings. The molecule has 0 aliphatic rings. The van der Waals surface area contributed by atoms with Crippen molar-refractivity contribution in [1.29, 1.82) is 0 Å². The molecule has 4 heteroatoms. The first kappa shape index (κ1) is 52.6. The highest BCUT2D eigenvalue weighted by molar-refractivity contribution is 5.76. The molecule has 0 fully saturated rings. The average molecular weight is 758 g/mol. The van der Waals surface area contributed by atoms with Crippen LogP contribution in [-0.2, 0) is 4.79 Å². The number of aliphatic hydroxyl groups is 2. The van der Waals surface area contributed by atoms with Gasteiger partial charge in [0.25, 0.3) is 0 Å². The summed E-state index contributed by atoms with van der Waals surface area (Å²) in [5, 5.41) is 23.0. The molecule has 318 valence electrons. The largest absolute Gasteiger partial charge is 0.394 e. The molecule has 3 N–H and O–H groups in total. The van der Waals surface area contributed by atoms with Crippen LogP contribution in [0.25, 0.3) is 0 Å². The maximum Gasteiger partial charge on any atom is 0.220 e. The Morgan fingerprint density at radius 2 is 0.722 bits per heavy atom. The highest BCUT2D eigenvalue weighted by Gasteiger charge is 2.17. The molecule has 0 aromatic heterocycles. The fourth-order valence-electron chi connectivity index (χ4n) is 7.37. The van der Waals surface area contributed by atoms with Gasteiger partial charge in [-0.3, -0.25) is 4.79 Å². The van der Waals surface area contributed by atoms with Gasteiger partial charge in [0.1, 0.15) is 0 Å². The predicted octanol–water partition coefficient (Wildman–Crippen LogP) is 15.4. The van der Waals surface area contributed by atoms with Crippen LogP contribution in [0.4, 0.5) is 0 Å². The molecule has 0 saturated carbocycles. The van der Waals surface area contributed by atoms with E-state index in [-0.39, 0.29) is 12.5 Å². The summed E-state index contributed by atoms with van der Waals surface area (Å²) in [5.41, 5.74) is 0. The lowest BCUT2D eigenvalue weighted by Crippen LogP contribution is -2.45. The van der Waals surface area contributed by atoms with Crippen LogP contribution in [0, 0.1) is 0 Å². The van der Waals surface area contributed by atoms with Crippen LogP contribution in [0.3, 0.4) is 0 Å². The summed E-state index contributed by atoms with van der Waals surface area (Å²) in [7, 11) is 0. The maximum atomic E-state index is 12.4. The number of hydrogen-bond acceptors (Lipinski definition) is 3. The van der Waals surface area contributed by atoms with Gasteiger partial charge >= 0.3 is 0 Å². The molecule has 0 heterocycles. The molecule has 0 radical (unpaired) electrons. The maximum absolute atomic E-state index is 12.4. The van der Waals surface area contributed by atoms with Crippen molar-refractivity contribution in [3.63, 3.8) is 0 Å². The van der Waals surface area contributed by atoms with Gasteiger partial charge in [-0.25, -0.2) is 0 Å². The Morgan fingerprint density at radius 1 is 0.426 bits per heavy atom. The second-order valence-electron chi connectivity index (χ2n) is 16.5. The van der Waals surface area contributed by atoms with E-state index in [4.69, 9.17) is 0 Å². The summed E-state index contributed by atoms with van der Waals surface area (Å²) in [6, 6.07) is -0.636. The van der Waals surface area contributed by atoms with E-state index in [1.54, 1.807) is 6.08 Å². The van der Waals surface area contributed by atoms with Crippen molar-refractivity contribution in [2.45, 2.75) is 270 Å². The van der Waals surface area contributed by atoms with Crippen LogP contribution in [0.2, 0.25) is 0 Å². The number of rotatable bonds is 44. The van der Waals surface area contributed by atoms with Crippen molar-refractivity contribution in [1.82, 2.24) is 5.32 Å². The van der Waals surface area contributed by atoms with Gasteiger partial charge in [-0.1, -0.05) is 230 Å². The van der Waals surface area contributed by atoms with Crippen molar-refractivity contribution in [3.8, 4) is 0 Å². The third-order valence-corrected chi connectivity index (χ3v) is 11.1. The van der Waals surface area contributed by atoms with Gasteiger partial charge in [-0.2, -0.15) is 0 Å². The molecule has 0 bridgehead atoms. The van der Waals surface area contributed by atoms with Gasteiger partial charge in [0.05, 0.1) is 18.8 Å². The van der Waals surface area contributed by atoms with E-state index in [0.717, 1.165) is 32.1 Å². The Morgan fingerprint density at radius 3 is 1.07 bits per heavy atom. The molecule has 4 nitrogen and oxygen atoms in total. The summed E-state index contributed by atoms with van der Waals surface area (Å²) in [4.78, 5) is 12.4. The fourth-order valence-corrected chi connectivity index (χ4v) is 7.37. The third-order valence-electron chi connectivity index (χ3n) is 11.1. The van der Waals surface area contributed by atoms with Crippen LogP contribution in [0.1, 0.15) is 258 Å². The summed E-state index contributed by atoms with van der Waals surface area (Å²) in [5.74, 6) is -0.0718. The number of allylic oxidation sites excluding steroid dienone is 5. The zero-order chi connectivity index (χ0) is 39.3. The highest BCUT2D eigenvalue weighted by atomic mass is 16.3. The number of amides is 1. The number of hydrogen-bond donors (Lipinski definition) is 3. The van der Waals surface area contributed by atoms with E-state index in [0.29, 0.717) is 6.42 Å². The van der Waals surface area contributed by atoms with E-state index in [2.05, 4.69) is 43.5 Å². The van der Waals surface area contributed by atoms with E-state index in [1.165, 1.54) is 205 Å². The highest BCUT2D eigenvalue weighted by Crippen LogP contribution is 2.16. The Kier molecular flexibility index (Phi) is 44.8. The minimum absolute atomic E-state index is 0.0718. The monoisotopic (exact) mass is 758 g/mol. The second-order valence-corrected chi connectivity index (χ2v) is 16.5. The fraction of sp³-hybridized carbons (Fsp3) is 0.860. The normalized spacial score (nSPS) is 13.2. The third kappa shape index (κ3) is 41.8. The molecule has 1 amide bonds. The molecule has 0 rings (SSSR count). The van der Waals surface area contributed by atoms with Crippen LogP contribution in [0.5, 0.6) is 0 Å². The molecule has 0 aromatic carbocycles. The van der Waals surface area contributed by atoms with Crippen LogP contribution < -0.4 is 5.32 Å². The Balaban J connectivity index is 3.47. The van der Waals surface area contributed by atoms with Gasteiger partial charge < -0.3 is 15.5 Å². The minimum Gasteiger partial charge on any atom is -0.394 e. The number of aliphatic hydroxyl groups excluding tert-OH is 2. The number of unbranched alkanes of at least 4 members (excludes halogenated alkanes) is 33. The van der Waals surface area contributed by atoms with E-state index in [1.807, 2.05) is 6.08 Å².